The van der Waals surface area contributed by atoms with Crippen LogP contribution in [0, 0.1) is 5.92 Å². The van der Waals surface area contributed by atoms with Crippen LogP contribution in [0.4, 0.5) is 0 Å². The predicted molar refractivity (Wildman–Crippen MR) is 67.1 cm³/mol. The van der Waals surface area contributed by atoms with Crippen molar-refractivity contribution in [2.24, 2.45) is 17.4 Å². The van der Waals surface area contributed by atoms with Crippen LogP contribution in [0.25, 0.3) is 0 Å². The van der Waals surface area contributed by atoms with Gasteiger partial charge in [-0.05, 0) is 17.7 Å². The minimum absolute atomic E-state index is 0.218. The number of nitrogens with two attached hydrogens (primary N) is 2. The monoisotopic (exact) mass is 254 g/mol. The molecule has 0 bridgehead atoms. The van der Waals surface area contributed by atoms with E-state index in [9.17, 15) is 9.59 Å². The minimum atomic E-state index is -0.909. The third kappa shape index (κ3) is 5.97. The minimum Gasteiger partial charge on any atom is -0.481 e. The average Bonchev–Trinajstić information content (AvgIpc) is 2.38. The second-order valence-electron chi connectivity index (χ2n) is 3.68. The van der Waals surface area contributed by atoms with Crippen molar-refractivity contribution in [3.05, 3.63) is 35.4 Å². The molecule has 0 fully saturated rings. The van der Waals surface area contributed by atoms with E-state index < -0.39 is 17.9 Å². The number of benzene rings is 1. The Bertz CT molecular complexity index is 390. The van der Waals surface area contributed by atoms with E-state index in [0.717, 1.165) is 5.56 Å². The smallest absolute Gasteiger partial charge is 0.335 e. The molecule has 6 heteroatoms. The zero-order valence-electron chi connectivity index (χ0n) is 10.2. The molecular formula is C12H18N2O4. The summed E-state index contributed by atoms with van der Waals surface area (Å²) in [6, 6.07) is 6.52. The Kier molecular flexibility index (Phi) is 7.34. The first kappa shape index (κ1) is 16.1. The Balaban J connectivity index is 0.000000360. The lowest BCUT2D eigenvalue weighted by atomic mass is 10.1. The fraction of sp³-hybridized carbons (Fsp3) is 0.333. The standard InChI is InChI=1S/C8H9NO2.C4H9NO2/c9-5-6-1-3-7(4-2-6)8(10)11;1-3(2-5)4(6)7/h1-4H,5,9H2,(H,10,11);3H,2,5H2,1H3,(H,6,7). The molecule has 0 spiro atoms. The summed E-state index contributed by atoms with van der Waals surface area (Å²) in [4.78, 5) is 20.2. The van der Waals surface area contributed by atoms with Gasteiger partial charge >= 0.3 is 11.9 Å². The molecule has 0 aliphatic carbocycles. The van der Waals surface area contributed by atoms with Crippen LogP contribution in [0.2, 0.25) is 0 Å². The van der Waals surface area contributed by atoms with Crippen LogP contribution in [0.5, 0.6) is 0 Å². The Morgan fingerprint density at radius 1 is 1.17 bits per heavy atom. The van der Waals surface area contributed by atoms with Gasteiger partial charge in [0.25, 0.3) is 0 Å². The fourth-order valence-electron chi connectivity index (χ4n) is 0.884. The number of carboxylic acids is 2. The van der Waals surface area contributed by atoms with Gasteiger partial charge in [-0.3, -0.25) is 4.79 Å². The van der Waals surface area contributed by atoms with Crippen LogP contribution in [0.3, 0.4) is 0 Å². The maximum Gasteiger partial charge on any atom is 0.335 e. The van der Waals surface area contributed by atoms with Gasteiger partial charge in [-0.25, -0.2) is 4.79 Å². The number of aromatic carboxylic acids is 1. The van der Waals surface area contributed by atoms with Crippen LogP contribution in [0.1, 0.15) is 22.8 Å². The van der Waals surface area contributed by atoms with Gasteiger partial charge in [-0.2, -0.15) is 0 Å². The Labute approximate surface area is 105 Å². The van der Waals surface area contributed by atoms with Gasteiger partial charge in [-0.15, -0.1) is 0 Å². The van der Waals surface area contributed by atoms with Crippen molar-refractivity contribution in [1.82, 2.24) is 0 Å². The van der Waals surface area contributed by atoms with E-state index in [0.29, 0.717) is 12.1 Å². The predicted octanol–water partition coefficient (Wildman–Crippen LogP) is 0.509. The summed E-state index contributed by atoms with van der Waals surface area (Å²) in [6.45, 7) is 2.23. The summed E-state index contributed by atoms with van der Waals surface area (Å²) in [5, 5.41) is 16.6. The molecule has 1 aromatic rings. The molecule has 0 saturated heterocycles. The van der Waals surface area contributed by atoms with Gasteiger partial charge in [0.2, 0.25) is 0 Å². The van der Waals surface area contributed by atoms with Gasteiger partial charge in [0.05, 0.1) is 11.5 Å². The topological polar surface area (TPSA) is 127 Å². The highest BCUT2D eigenvalue weighted by molar-refractivity contribution is 5.87. The number of hydrogen-bond donors (Lipinski definition) is 4. The largest absolute Gasteiger partial charge is 0.481 e. The SMILES string of the molecule is CC(CN)C(=O)O.NCc1ccc(C(=O)O)cc1. The molecule has 6 N–H and O–H groups in total. The number of aliphatic carboxylic acids is 1. The van der Waals surface area contributed by atoms with Crippen molar-refractivity contribution >= 4 is 11.9 Å². The lowest BCUT2D eigenvalue weighted by molar-refractivity contribution is -0.140. The third-order valence-electron chi connectivity index (χ3n) is 2.21. The average molecular weight is 254 g/mol. The first-order valence-electron chi connectivity index (χ1n) is 5.37. The number of hydrogen-bond acceptors (Lipinski definition) is 4. The highest BCUT2D eigenvalue weighted by atomic mass is 16.4. The van der Waals surface area contributed by atoms with Crippen molar-refractivity contribution in [1.29, 1.82) is 0 Å². The summed E-state index contributed by atoms with van der Waals surface area (Å²) >= 11 is 0. The zero-order valence-corrected chi connectivity index (χ0v) is 10.2. The molecule has 0 aromatic heterocycles. The Hall–Kier alpha value is -1.92. The van der Waals surface area contributed by atoms with E-state index in [4.69, 9.17) is 21.7 Å². The fourth-order valence-corrected chi connectivity index (χ4v) is 0.884. The van der Waals surface area contributed by atoms with Gasteiger partial charge in [-0.1, -0.05) is 19.1 Å². The van der Waals surface area contributed by atoms with Crippen molar-refractivity contribution in [3.63, 3.8) is 0 Å². The molecule has 0 aliphatic heterocycles. The highest BCUT2D eigenvalue weighted by Gasteiger charge is 2.05. The van der Waals surface area contributed by atoms with E-state index in [1.54, 1.807) is 31.2 Å². The molecule has 1 unspecified atom stereocenters. The summed E-state index contributed by atoms with van der Waals surface area (Å²) in [6.07, 6.45) is 0. The summed E-state index contributed by atoms with van der Waals surface area (Å²) in [5.41, 5.74) is 11.6. The normalized spacial score (nSPS) is 11.1. The molecule has 18 heavy (non-hydrogen) atoms. The Morgan fingerprint density at radius 3 is 1.89 bits per heavy atom. The maximum absolute atomic E-state index is 10.4. The van der Waals surface area contributed by atoms with Gasteiger partial charge in [0.15, 0.2) is 0 Å². The van der Waals surface area contributed by atoms with Crippen molar-refractivity contribution in [2.45, 2.75) is 13.5 Å². The number of carboxylic acid groups (broad SMARTS) is 2. The molecule has 0 radical (unpaired) electrons. The van der Waals surface area contributed by atoms with Crippen LogP contribution in [0.15, 0.2) is 24.3 Å². The molecule has 1 rings (SSSR count). The van der Waals surface area contributed by atoms with E-state index in [1.807, 2.05) is 0 Å². The second kappa shape index (κ2) is 8.21. The maximum atomic E-state index is 10.4. The molecule has 0 amide bonds. The molecule has 0 heterocycles. The zero-order chi connectivity index (χ0) is 14.1. The number of carbonyl (C=O) groups is 2. The number of rotatable bonds is 4. The molecule has 1 atom stereocenters. The van der Waals surface area contributed by atoms with Crippen LogP contribution in [-0.4, -0.2) is 28.7 Å². The molecule has 100 valence electrons. The summed E-state index contributed by atoms with van der Waals surface area (Å²) in [5.74, 6) is -2.14. The lowest BCUT2D eigenvalue weighted by Gasteiger charge is -1.96. The summed E-state index contributed by atoms with van der Waals surface area (Å²) in [7, 11) is 0. The van der Waals surface area contributed by atoms with E-state index in [1.165, 1.54) is 0 Å². The van der Waals surface area contributed by atoms with Crippen LogP contribution >= 0.6 is 0 Å². The summed E-state index contributed by atoms with van der Waals surface area (Å²) < 4.78 is 0. The van der Waals surface area contributed by atoms with Crippen molar-refractivity contribution in [2.75, 3.05) is 6.54 Å². The van der Waals surface area contributed by atoms with Gasteiger partial charge in [0.1, 0.15) is 0 Å². The van der Waals surface area contributed by atoms with E-state index in [-0.39, 0.29) is 6.54 Å². The lowest BCUT2D eigenvalue weighted by Crippen LogP contribution is -2.19. The molecule has 1 aromatic carbocycles. The van der Waals surface area contributed by atoms with E-state index in [2.05, 4.69) is 0 Å². The van der Waals surface area contributed by atoms with Crippen LogP contribution < -0.4 is 11.5 Å². The molecule has 0 aliphatic rings. The molecular weight excluding hydrogens is 236 g/mol. The second-order valence-corrected chi connectivity index (χ2v) is 3.68. The van der Waals surface area contributed by atoms with Crippen molar-refractivity contribution < 1.29 is 19.8 Å². The molecule has 0 saturated carbocycles. The first-order chi connectivity index (χ1) is 8.42. The van der Waals surface area contributed by atoms with Crippen LogP contribution in [-0.2, 0) is 11.3 Å². The van der Waals surface area contributed by atoms with E-state index >= 15 is 0 Å². The quantitative estimate of drug-likeness (QED) is 0.620. The Morgan fingerprint density at radius 2 is 1.67 bits per heavy atom. The first-order valence-corrected chi connectivity index (χ1v) is 5.37. The van der Waals surface area contributed by atoms with Gasteiger partial charge < -0.3 is 21.7 Å². The highest BCUT2D eigenvalue weighted by Crippen LogP contribution is 2.02. The molecule has 6 nitrogen and oxygen atoms in total. The third-order valence-corrected chi connectivity index (χ3v) is 2.21. The van der Waals surface area contributed by atoms with Crippen molar-refractivity contribution in [3.8, 4) is 0 Å². The van der Waals surface area contributed by atoms with Gasteiger partial charge in [0, 0.05) is 13.1 Å².